The molecule has 0 aromatic carbocycles. The Morgan fingerprint density at radius 3 is 2.67 bits per heavy atom. The predicted molar refractivity (Wildman–Crippen MR) is 84.9 cm³/mol. The summed E-state index contributed by atoms with van der Waals surface area (Å²) in [6.07, 6.45) is 3.19. The van der Waals surface area contributed by atoms with Crippen molar-refractivity contribution in [3.8, 4) is 0 Å². The number of nitrogens with zero attached hydrogens (tertiary/aromatic N) is 3. The van der Waals surface area contributed by atoms with E-state index in [4.69, 9.17) is 11.6 Å². The molecule has 21 heavy (non-hydrogen) atoms. The molecule has 1 saturated heterocycles. The van der Waals surface area contributed by atoms with Gasteiger partial charge < -0.3 is 4.90 Å². The summed E-state index contributed by atoms with van der Waals surface area (Å²) in [7, 11) is 0. The maximum absolute atomic E-state index is 11.2. The molecule has 1 aliphatic heterocycles. The van der Waals surface area contributed by atoms with Crippen LogP contribution in [0.1, 0.15) is 40.0 Å². The van der Waals surface area contributed by atoms with E-state index in [0.29, 0.717) is 16.9 Å². The average Bonchev–Trinajstić information content (AvgIpc) is 2.63. The van der Waals surface area contributed by atoms with Crippen LogP contribution in [0.5, 0.6) is 0 Å². The van der Waals surface area contributed by atoms with Gasteiger partial charge in [-0.05, 0) is 36.7 Å². The Morgan fingerprint density at radius 1 is 1.33 bits per heavy atom. The van der Waals surface area contributed by atoms with Crippen molar-refractivity contribution in [3.63, 3.8) is 0 Å². The SMILES string of the molecule is CC(C)(C)C1CCCN(c2nc(Cl)ccc2[N+](=O)[O-])CC1. The lowest BCUT2D eigenvalue weighted by molar-refractivity contribution is -0.384. The summed E-state index contributed by atoms with van der Waals surface area (Å²) in [6, 6.07) is 2.91. The lowest BCUT2D eigenvalue weighted by Gasteiger charge is -2.29. The minimum atomic E-state index is -0.384. The summed E-state index contributed by atoms with van der Waals surface area (Å²) in [6.45, 7) is 8.35. The monoisotopic (exact) mass is 311 g/mol. The van der Waals surface area contributed by atoms with Crippen LogP contribution in [0.25, 0.3) is 0 Å². The molecule has 0 N–H and O–H groups in total. The van der Waals surface area contributed by atoms with Gasteiger partial charge in [0.25, 0.3) is 0 Å². The Morgan fingerprint density at radius 2 is 2.05 bits per heavy atom. The molecule has 1 unspecified atom stereocenters. The average molecular weight is 312 g/mol. The van der Waals surface area contributed by atoms with E-state index in [1.54, 1.807) is 0 Å². The zero-order valence-corrected chi connectivity index (χ0v) is 13.6. The third kappa shape index (κ3) is 3.84. The van der Waals surface area contributed by atoms with Gasteiger partial charge in [-0.2, -0.15) is 0 Å². The third-order valence-corrected chi connectivity index (χ3v) is 4.48. The van der Waals surface area contributed by atoms with Crippen LogP contribution >= 0.6 is 11.6 Å². The summed E-state index contributed by atoms with van der Waals surface area (Å²) in [4.78, 5) is 17.0. The van der Waals surface area contributed by atoms with Crippen molar-refractivity contribution >= 4 is 23.1 Å². The molecule has 2 heterocycles. The van der Waals surface area contributed by atoms with Crippen LogP contribution in [-0.2, 0) is 0 Å². The molecular formula is C15H22ClN3O2. The smallest absolute Gasteiger partial charge is 0.311 e. The molecule has 2 rings (SSSR count). The first-order valence-corrected chi connectivity index (χ1v) is 7.72. The first-order valence-electron chi connectivity index (χ1n) is 7.35. The van der Waals surface area contributed by atoms with Gasteiger partial charge in [-0.25, -0.2) is 4.98 Å². The van der Waals surface area contributed by atoms with Crippen molar-refractivity contribution in [2.75, 3.05) is 18.0 Å². The van der Waals surface area contributed by atoms with Crippen LogP contribution in [0, 0.1) is 21.4 Å². The molecule has 1 fully saturated rings. The highest BCUT2D eigenvalue weighted by Crippen LogP contribution is 2.36. The van der Waals surface area contributed by atoms with Crippen LogP contribution in [0.2, 0.25) is 5.15 Å². The van der Waals surface area contributed by atoms with Gasteiger partial charge in [-0.1, -0.05) is 32.4 Å². The zero-order chi connectivity index (χ0) is 15.6. The van der Waals surface area contributed by atoms with Gasteiger partial charge in [-0.15, -0.1) is 0 Å². The molecule has 5 nitrogen and oxygen atoms in total. The molecule has 1 aliphatic rings. The summed E-state index contributed by atoms with van der Waals surface area (Å²) >= 11 is 5.92. The second-order valence-corrected chi connectivity index (χ2v) is 7.10. The quantitative estimate of drug-likeness (QED) is 0.464. The van der Waals surface area contributed by atoms with Crippen molar-refractivity contribution in [1.82, 2.24) is 4.98 Å². The Bertz CT molecular complexity index is 528. The van der Waals surface area contributed by atoms with Crippen molar-refractivity contribution in [2.24, 2.45) is 11.3 Å². The Kier molecular flexibility index (Phi) is 4.71. The highest BCUT2D eigenvalue weighted by molar-refractivity contribution is 6.29. The highest BCUT2D eigenvalue weighted by atomic mass is 35.5. The molecule has 1 aromatic heterocycles. The molecule has 0 spiro atoms. The minimum absolute atomic E-state index is 0.0357. The molecule has 1 atom stereocenters. The number of rotatable bonds is 2. The van der Waals surface area contributed by atoms with Crippen LogP contribution in [0.4, 0.5) is 11.5 Å². The van der Waals surface area contributed by atoms with E-state index in [1.165, 1.54) is 12.1 Å². The van der Waals surface area contributed by atoms with Gasteiger partial charge in [0, 0.05) is 19.2 Å². The fraction of sp³-hybridized carbons (Fsp3) is 0.667. The van der Waals surface area contributed by atoms with Crippen molar-refractivity contribution in [3.05, 3.63) is 27.4 Å². The van der Waals surface area contributed by atoms with E-state index >= 15 is 0 Å². The van der Waals surface area contributed by atoms with Gasteiger partial charge in [0.15, 0.2) is 0 Å². The van der Waals surface area contributed by atoms with E-state index in [-0.39, 0.29) is 16.0 Å². The number of nitro groups is 1. The predicted octanol–water partition coefficient (Wildman–Crippen LogP) is 4.30. The minimum Gasteiger partial charge on any atom is -0.351 e. The Balaban J connectivity index is 2.23. The third-order valence-electron chi connectivity index (χ3n) is 4.27. The second kappa shape index (κ2) is 6.18. The Labute approximate surface area is 130 Å². The molecule has 0 radical (unpaired) electrons. The van der Waals surface area contributed by atoms with E-state index in [2.05, 4.69) is 25.8 Å². The lowest BCUT2D eigenvalue weighted by Crippen LogP contribution is -2.27. The van der Waals surface area contributed by atoms with Gasteiger partial charge in [-0.3, -0.25) is 10.1 Å². The van der Waals surface area contributed by atoms with Crippen LogP contribution < -0.4 is 4.90 Å². The summed E-state index contributed by atoms with van der Waals surface area (Å²) in [5.41, 5.74) is 0.303. The fourth-order valence-electron chi connectivity index (χ4n) is 2.97. The van der Waals surface area contributed by atoms with Crippen LogP contribution in [-0.4, -0.2) is 23.0 Å². The van der Waals surface area contributed by atoms with E-state index < -0.39 is 0 Å². The van der Waals surface area contributed by atoms with E-state index in [9.17, 15) is 10.1 Å². The maximum atomic E-state index is 11.2. The number of anilines is 1. The zero-order valence-electron chi connectivity index (χ0n) is 12.8. The second-order valence-electron chi connectivity index (χ2n) is 6.71. The van der Waals surface area contributed by atoms with Crippen molar-refractivity contribution < 1.29 is 4.92 Å². The summed E-state index contributed by atoms with van der Waals surface area (Å²) < 4.78 is 0. The molecule has 0 aliphatic carbocycles. The topological polar surface area (TPSA) is 59.3 Å². The first-order chi connectivity index (χ1) is 9.79. The first kappa shape index (κ1) is 16.0. The van der Waals surface area contributed by atoms with Gasteiger partial charge in [0.1, 0.15) is 5.15 Å². The summed E-state index contributed by atoms with van der Waals surface area (Å²) in [5.74, 6) is 1.03. The lowest BCUT2D eigenvalue weighted by atomic mass is 9.77. The molecule has 116 valence electrons. The van der Waals surface area contributed by atoms with Crippen LogP contribution in [0.3, 0.4) is 0 Å². The molecule has 0 amide bonds. The van der Waals surface area contributed by atoms with E-state index in [1.807, 2.05) is 4.90 Å². The largest absolute Gasteiger partial charge is 0.351 e. The molecule has 1 aromatic rings. The normalized spacial score (nSPS) is 20.2. The Hall–Kier alpha value is -1.36. The number of hydrogen-bond acceptors (Lipinski definition) is 4. The number of aromatic nitrogens is 1. The number of pyridine rings is 1. The highest BCUT2D eigenvalue weighted by Gasteiger charge is 2.29. The molecule has 0 bridgehead atoms. The van der Waals surface area contributed by atoms with E-state index in [0.717, 1.165) is 32.4 Å². The van der Waals surface area contributed by atoms with Gasteiger partial charge in [0.2, 0.25) is 5.82 Å². The summed E-state index contributed by atoms with van der Waals surface area (Å²) in [5, 5.41) is 11.5. The fourth-order valence-corrected chi connectivity index (χ4v) is 3.11. The standard InChI is InChI=1S/C15H22ClN3O2/c1-15(2,3)11-5-4-9-18(10-8-11)14-12(19(20)21)6-7-13(16)17-14/h6-7,11H,4-5,8-10H2,1-3H3. The molecule has 0 saturated carbocycles. The molecule has 6 heteroatoms. The maximum Gasteiger partial charge on any atom is 0.311 e. The van der Waals surface area contributed by atoms with Crippen molar-refractivity contribution in [1.29, 1.82) is 0 Å². The number of halogens is 1. The van der Waals surface area contributed by atoms with Gasteiger partial charge >= 0.3 is 5.69 Å². The molecular weight excluding hydrogens is 290 g/mol. The van der Waals surface area contributed by atoms with Gasteiger partial charge in [0.05, 0.1) is 4.92 Å². The number of hydrogen-bond donors (Lipinski definition) is 0. The van der Waals surface area contributed by atoms with Crippen LogP contribution in [0.15, 0.2) is 12.1 Å². The van der Waals surface area contributed by atoms with Crippen molar-refractivity contribution in [2.45, 2.75) is 40.0 Å².